The topological polar surface area (TPSA) is 187 Å². The van der Waals surface area contributed by atoms with Crippen molar-refractivity contribution in [2.24, 2.45) is 5.73 Å². The van der Waals surface area contributed by atoms with Crippen molar-refractivity contribution >= 4 is 46.4 Å². The van der Waals surface area contributed by atoms with E-state index in [1.54, 1.807) is 12.1 Å². The number of carbonyl (C=O) groups is 4. The number of thioether (sulfide) groups is 1. The number of carboxylic acid groups (broad SMARTS) is 1. The van der Waals surface area contributed by atoms with Gasteiger partial charge in [-0.2, -0.15) is 11.8 Å². The van der Waals surface area contributed by atoms with Crippen molar-refractivity contribution in [1.82, 2.24) is 20.9 Å². The Hall–Kier alpha value is -4.81. The predicted molar refractivity (Wildman–Crippen MR) is 178 cm³/mol. The molecule has 3 amide bonds. The van der Waals surface area contributed by atoms with Gasteiger partial charge in [0.15, 0.2) is 0 Å². The van der Waals surface area contributed by atoms with Crippen molar-refractivity contribution in [1.29, 1.82) is 0 Å². The van der Waals surface area contributed by atoms with Crippen LogP contribution < -0.4 is 21.7 Å². The Morgan fingerprint density at radius 2 is 1.35 bits per heavy atom. The zero-order chi connectivity index (χ0) is 33.1. The number of fused-ring (bicyclic) bond motifs is 1. The Labute approximate surface area is 271 Å². The smallest absolute Gasteiger partial charge is 0.326 e. The van der Waals surface area contributed by atoms with Crippen LogP contribution in [0.15, 0.2) is 85.1 Å². The summed E-state index contributed by atoms with van der Waals surface area (Å²) in [6.07, 6.45) is 4.27. The molecule has 0 bridgehead atoms. The van der Waals surface area contributed by atoms with Crippen LogP contribution in [0.1, 0.15) is 23.1 Å². The number of phenols is 1. The van der Waals surface area contributed by atoms with E-state index in [1.807, 2.05) is 67.0 Å². The number of aromatic nitrogens is 1. The number of H-pyrrole nitrogens is 1. The summed E-state index contributed by atoms with van der Waals surface area (Å²) in [6.45, 7) is 0. The first-order chi connectivity index (χ1) is 22.1. The van der Waals surface area contributed by atoms with Gasteiger partial charge in [0.2, 0.25) is 17.7 Å². The zero-order valence-corrected chi connectivity index (χ0v) is 26.3. The molecule has 12 heteroatoms. The van der Waals surface area contributed by atoms with Crippen molar-refractivity contribution in [3.8, 4) is 5.75 Å². The lowest BCUT2D eigenvalue weighted by molar-refractivity contribution is -0.142. The number of nitrogens with one attached hydrogen (secondary N) is 4. The summed E-state index contributed by atoms with van der Waals surface area (Å²) in [7, 11) is 0. The second-order valence-electron chi connectivity index (χ2n) is 11.0. The summed E-state index contributed by atoms with van der Waals surface area (Å²) in [5, 5.41) is 28.4. The van der Waals surface area contributed by atoms with E-state index in [4.69, 9.17) is 5.73 Å². The fourth-order valence-electron chi connectivity index (χ4n) is 5.08. The van der Waals surface area contributed by atoms with Gasteiger partial charge >= 0.3 is 5.97 Å². The van der Waals surface area contributed by atoms with E-state index in [2.05, 4.69) is 20.9 Å². The largest absolute Gasteiger partial charge is 0.508 e. The highest BCUT2D eigenvalue weighted by molar-refractivity contribution is 7.98. The molecule has 0 aliphatic carbocycles. The van der Waals surface area contributed by atoms with Gasteiger partial charge in [0, 0.05) is 29.9 Å². The molecule has 4 rings (SSSR count). The van der Waals surface area contributed by atoms with Crippen molar-refractivity contribution in [2.75, 3.05) is 12.0 Å². The van der Waals surface area contributed by atoms with Gasteiger partial charge in [-0.1, -0.05) is 60.7 Å². The zero-order valence-electron chi connectivity index (χ0n) is 25.4. The summed E-state index contributed by atoms with van der Waals surface area (Å²) in [5.74, 6) is -2.46. The van der Waals surface area contributed by atoms with Gasteiger partial charge in [0.25, 0.3) is 0 Å². The third kappa shape index (κ3) is 9.59. The third-order valence-electron chi connectivity index (χ3n) is 7.60. The third-order valence-corrected chi connectivity index (χ3v) is 8.25. The number of nitrogens with two attached hydrogens (primary N) is 1. The van der Waals surface area contributed by atoms with Crippen LogP contribution >= 0.6 is 11.8 Å². The Kier molecular flexibility index (Phi) is 12.2. The molecule has 0 saturated carbocycles. The highest BCUT2D eigenvalue weighted by Crippen LogP contribution is 2.19. The lowest BCUT2D eigenvalue weighted by Gasteiger charge is -2.25. The van der Waals surface area contributed by atoms with E-state index in [0.29, 0.717) is 11.3 Å². The van der Waals surface area contributed by atoms with Crippen molar-refractivity contribution in [2.45, 2.75) is 49.9 Å². The van der Waals surface area contributed by atoms with Crippen LogP contribution in [-0.4, -0.2) is 75.1 Å². The molecule has 1 heterocycles. The maximum atomic E-state index is 13.7. The average Bonchev–Trinajstić information content (AvgIpc) is 3.46. The number of aliphatic carboxylic acids is 1. The van der Waals surface area contributed by atoms with Crippen LogP contribution in [0.5, 0.6) is 5.75 Å². The minimum atomic E-state index is -1.27. The van der Waals surface area contributed by atoms with Gasteiger partial charge in [-0.3, -0.25) is 14.4 Å². The molecule has 0 aliphatic heterocycles. The molecule has 8 N–H and O–H groups in total. The Morgan fingerprint density at radius 3 is 2.04 bits per heavy atom. The van der Waals surface area contributed by atoms with E-state index < -0.39 is 47.9 Å². The molecule has 0 aliphatic rings. The Morgan fingerprint density at radius 1 is 0.761 bits per heavy atom. The Balaban J connectivity index is 1.48. The highest BCUT2D eigenvalue weighted by Gasteiger charge is 2.30. The molecular weight excluding hydrogens is 606 g/mol. The monoisotopic (exact) mass is 645 g/mol. The summed E-state index contributed by atoms with van der Waals surface area (Å²) in [5.41, 5.74) is 9.51. The number of amides is 3. The average molecular weight is 646 g/mol. The van der Waals surface area contributed by atoms with E-state index in [1.165, 1.54) is 23.9 Å². The van der Waals surface area contributed by atoms with Crippen LogP contribution in [0.2, 0.25) is 0 Å². The maximum Gasteiger partial charge on any atom is 0.326 e. The van der Waals surface area contributed by atoms with Gasteiger partial charge in [0.05, 0.1) is 6.04 Å². The molecule has 0 spiro atoms. The Bertz CT molecular complexity index is 1630. The molecule has 46 heavy (non-hydrogen) atoms. The van der Waals surface area contributed by atoms with E-state index >= 15 is 0 Å². The highest BCUT2D eigenvalue weighted by atomic mass is 32.2. The van der Waals surface area contributed by atoms with E-state index in [-0.39, 0.29) is 31.4 Å². The summed E-state index contributed by atoms with van der Waals surface area (Å²) in [6, 6.07) is 18.5. The van der Waals surface area contributed by atoms with Gasteiger partial charge in [-0.25, -0.2) is 4.79 Å². The van der Waals surface area contributed by atoms with Crippen molar-refractivity contribution in [3.63, 3.8) is 0 Å². The van der Waals surface area contributed by atoms with Crippen LogP contribution in [0.4, 0.5) is 0 Å². The maximum absolute atomic E-state index is 13.7. The molecule has 242 valence electrons. The quantitative estimate of drug-likeness (QED) is 0.0969. The van der Waals surface area contributed by atoms with E-state index in [0.717, 1.165) is 22.0 Å². The standard InChI is InChI=1S/C34H39N5O6S/c1-46-16-15-28(32(42)39-30(34(44)45)18-22-11-13-24(40)14-12-22)37-33(43)29(17-21-7-3-2-4-8-21)38-31(41)26(35)19-23-20-36-27-10-6-5-9-25(23)27/h2-14,20,26,28-30,36,40H,15-19,35H2,1H3,(H,37,43)(H,38,41)(H,39,42)(H,44,45). The van der Waals surface area contributed by atoms with Gasteiger partial charge in [-0.05, 0) is 59.7 Å². The normalized spacial score (nSPS) is 13.7. The number of carbonyl (C=O) groups excluding carboxylic acids is 3. The molecule has 4 unspecified atom stereocenters. The van der Waals surface area contributed by atoms with E-state index in [9.17, 15) is 29.4 Å². The van der Waals surface area contributed by atoms with Crippen LogP contribution in [0, 0.1) is 0 Å². The number of benzene rings is 3. The fourth-order valence-corrected chi connectivity index (χ4v) is 5.56. The lowest BCUT2D eigenvalue weighted by Crippen LogP contribution is -2.58. The number of hydrogen-bond acceptors (Lipinski definition) is 7. The molecule has 1 aromatic heterocycles. The molecule has 0 fully saturated rings. The number of phenolic OH excluding ortho intramolecular Hbond substituents is 1. The SMILES string of the molecule is CSCCC(NC(=O)C(Cc1ccccc1)NC(=O)C(N)Cc1c[nH]c2ccccc12)C(=O)NC(Cc1ccc(O)cc1)C(=O)O. The molecule has 3 aromatic carbocycles. The molecule has 0 saturated heterocycles. The van der Waals surface area contributed by atoms with Gasteiger partial charge in [-0.15, -0.1) is 0 Å². The summed E-state index contributed by atoms with van der Waals surface area (Å²) >= 11 is 1.47. The number of hydrogen-bond donors (Lipinski definition) is 7. The predicted octanol–water partition coefficient (Wildman–Crippen LogP) is 2.52. The second-order valence-corrected chi connectivity index (χ2v) is 12.0. The summed E-state index contributed by atoms with van der Waals surface area (Å²) in [4.78, 5) is 55.6. The molecule has 4 atom stereocenters. The summed E-state index contributed by atoms with van der Waals surface area (Å²) < 4.78 is 0. The number of aromatic amines is 1. The first-order valence-corrected chi connectivity index (χ1v) is 16.3. The fraction of sp³-hybridized carbons (Fsp3) is 0.294. The lowest BCUT2D eigenvalue weighted by atomic mass is 10.0. The minimum Gasteiger partial charge on any atom is -0.508 e. The minimum absolute atomic E-state index is 0.0223. The number of carboxylic acids is 1. The number of aromatic hydroxyl groups is 1. The number of rotatable bonds is 16. The number of para-hydroxylation sites is 1. The molecule has 11 nitrogen and oxygen atoms in total. The van der Waals surface area contributed by atoms with Crippen molar-refractivity contribution < 1.29 is 29.4 Å². The molecular formula is C34H39N5O6S. The molecule has 0 radical (unpaired) electrons. The van der Waals surface area contributed by atoms with Crippen LogP contribution in [0.25, 0.3) is 10.9 Å². The van der Waals surface area contributed by atoms with Crippen LogP contribution in [-0.2, 0) is 38.4 Å². The molecule has 4 aromatic rings. The van der Waals surface area contributed by atoms with Crippen LogP contribution in [0.3, 0.4) is 0 Å². The van der Waals surface area contributed by atoms with Gasteiger partial charge < -0.3 is 36.9 Å². The first kappa shape index (κ1) is 34.1. The first-order valence-electron chi connectivity index (χ1n) is 14.9. The second kappa shape index (κ2) is 16.5. The van der Waals surface area contributed by atoms with Crippen molar-refractivity contribution in [3.05, 3.63) is 102 Å². The van der Waals surface area contributed by atoms with Gasteiger partial charge in [0.1, 0.15) is 23.9 Å².